The van der Waals surface area contributed by atoms with Crippen LogP contribution in [0.4, 0.5) is 0 Å². The standard InChI is InChI=1S/C11H6N2O3/c12-13-10(11(15)16)9(14)7-6-8-4-2-1-3-5-8/h1-5H,(H,15,16). The van der Waals surface area contributed by atoms with E-state index in [-0.39, 0.29) is 0 Å². The SMILES string of the molecule is [N-]=[N+]=C(C(=O)O)C(=O)C#Cc1ccccc1. The van der Waals surface area contributed by atoms with Gasteiger partial charge in [0, 0.05) is 5.56 Å². The van der Waals surface area contributed by atoms with Crippen LogP contribution in [0.5, 0.6) is 0 Å². The van der Waals surface area contributed by atoms with Crippen LogP contribution in [0.15, 0.2) is 30.3 Å². The van der Waals surface area contributed by atoms with Crippen molar-refractivity contribution in [1.82, 2.24) is 0 Å². The van der Waals surface area contributed by atoms with Gasteiger partial charge in [0.1, 0.15) is 0 Å². The van der Waals surface area contributed by atoms with Crippen molar-refractivity contribution in [3.05, 3.63) is 41.4 Å². The summed E-state index contributed by atoms with van der Waals surface area (Å²) in [7, 11) is 0. The third-order valence-corrected chi connectivity index (χ3v) is 1.61. The van der Waals surface area contributed by atoms with Gasteiger partial charge in [0.15, 0.2) is 0 Å². The van der Waals surface area contributed by atoms with Crippen LogP contribution in [0.3, 0.4) is 0 Å². The van der Waals surface area contributed by atoms with E-state index in [0.717, 1.165) is 0 Å². The average molecular weight is 214 g/mol. The Hall–Kier alpha value is -2.70. The second-order valence-electron chi connectivity index (χ2n) is 2.70. The highest BCUT2D eigenvalue weighted by Gasteiger charge is 2.27. The highest BCUT2D eigenvalue weighted by molar-refractivity contribution is 6.65. The molecule has 5 heteroatoms. The van der Waals surface area contributed by atoms with Crippen LogP contribution in [0.25, 0.3) is 5.53 Å². The Morgan fingerprint density at radius 1 is 1.25 bits per heavy atom. The third-order valence-electron chi connectivity index (χ3n) is 1.61. The Bertz CT molecular complexity index is 531. The molecule has 0 aliphatic rings. The molecule has 0 spiro atoms. The van der Waals surface area contributed by atoms with Gasteiger partial charge in [-0.05, 0) is 18.1 Å². The molecule has 1 rings (SSSR count). The summed E-state index contributed by atoms with van der Waals surface area (Å²) in [6.07, 6.45) is 0. The first-order valence-corrected chi connectivity index (χ1v) is 4.22. The van der Waals surface area contributed by atoms with Gasteiger partial charge >= 0.3 is 17.5 Å². The molecule has 0 aliphatic carbocycles. The van der Waals surface area contributed by atoms with Crippen molar-refractivity contribution in [3.8, 4) is 11.8 Å². The van der Waals surface area contributed by atoms with Crippen LogP contribution < -0.4 is 0 Å². The van der Waals surface area contributed by atoms with E-state index in [1.807, 2.05) is 0 Å². The lowest BCUT2D eigenvalue weighted by atomic mass is 10.2. The molecule has 0 amide bonds. The topological polar surface area (TPSA) is 90.8 Å². The van der Waals surface area contributed by atoms with Crippen molar-refractivity contribution in [2.75, 3.05) is 0 Å². The molecule has 0 aliphatic heterocycles. The molecule has 0 atom stereocenters. The second kappa shape index (κ2) is 5.25. The largest absolute Gasteiger partial charge is 0.472 e. The number of carboxylic acids is 1. The van der Waals surface area contributed by atoms with Crippen molar-refractivity contribution in [3.63, 3.8) is 0 Å². The highest BCUT2D eigenvalue weighted by atomic mass is 16.4. The normalized spacial score (nSPS) is 8.25. The fraction of sp³-hybridized carbons (Fsp3) is 0. The molecule has 1 aromatic rings. The molecule has 0 radical (unpaired) electrons. The Morgan fingerprint density at radius 2 is 1.88 bits per heavy atom. The zero-order valence-corrected chi connectivity index (χ0v) is 8.04. The first-order valence-electron chi connectivity index (χ1n) is 4.22. The minimum absolute atomic E-state index is 0.568. The van der Waals surface area contributed by atoms with E-state index in [2.05, 4.69) is 16.6 Å². The van der Waals surface area contributed by atoms with Gasteiger partial charge in [-0.1, -0.05) is 24.1 Å². The van der Waals surface area contributed by atoms with E-state index in [9.17, 15) is 9.59 Å². The van der Waals surface area contributed by atoms with Crippen LogP contribution in [0, 0.1) is 11.8 Å². The number of hydrogen-bond acceptors (Lipinski definition) is 2. The molecule has 78 valence electrons. The summed E-state index contributed by atoms with van der Waals surface area (Å²) in [5, 5.41) is 8.46. The van der Waals surface area contributed by atoms with Crippen molar-refractivity contribution in [2.45, 2.75) is 0 Å². The van der Waals surface area contributed by atoms with Crippen LogP contribution >= 0.6 is 0 Å². The summed E-state index contributed by atoms with van der Waals surface area (Å²) < 4.78 is 0. The maximum Gasteiger partial charge on any atom is 0.454 e. The smallest absolute Gasteiger partial charge is 0.454 e. The van der Waals surface area contributed by atoms with Gasteiger partial charge < -0.3 is 10.6 Å². The lowest BCUT2D eigenvalue weighted by molar-refractivity contribution is -0.135. The van der Waals surface area contributed by atoms with Gasteiger partial charge in [-0.25, -0.2) is 4.79 Å². The first-order chi connectivity index (χ1) is 7.65. The summed E-state index contributed by atoms with van der Waals surface area (Å²) in [5.74, 6) is 1.87. The monoisotopic (exact) mass is 214 g/mol. The Labute approximate surface area is 91.0 Å². The lowest BCUT2D eigenvalue weighted by Crippen LogP contribution is -2.23. The number of rotatable bonds is 2. The van der Waals surface area contributed by atoms with Gasteiger partial charge in [0.25, 0.3) is 0 Å². The van der Waals surface area contributed by atoms with Crippen molar-refractivity contribution >= 4 is 17.5 Å². The molecule has 0 aromatic heterocycles. The predicted octanol–water partition coefficient (Wildman–Crippen LogP) is 0.363. The summed E-state index contributed by atoms with van der Waals surface area (Å²) in [6.45, 7) is 0. The molecular weight excluding hydrogens is 208 g/mol. The maximum absolute atomic E-state index is 11.1. The Morgan fingerprint density at radius 3 is 2.38 bits per heavy atom. The Kier molecular flexibility index (Phi) is 3.73. The molecule has 0 saturated carbocycles. The van der Waals surface area contributed by atoms with Gasteiger partial charge in [-0.2, -0.15) is 4.79 Å². The second-order valence-corrected chi connectivity index (χ2v) is 2.70. The molecule has 0 saturated heterocycles. The van der Waals surface area contributed by atoms with Gasteiger partial charge in [-0.15, -0.1) is 0 Å². The summed E-state index contributed by atoms with van der Waals surface area (Å²) >= 11 is 0. The molecule has 0 fully saturated rings. The average Bonchev–Trinajstić information content (AvgIpc) is 2.28. The molecule has 0 heterocycles. The quantitative estimate of drug-likeness (QED) is 0.253. The molecule has 1 N–H and O–H groups in total. The van der Waals surface area contributed by atoms with Crippen LogP contribution in [-0.4, -0.2) is 27.4 Å². The van der Waals surface area contributed by atoms with Crippen molar-refractivity contribution in [2.24, 2.45) is 0 Å². The number of benzene rings is 1. The highest BCUT2D eigenvalue weighted by Crippen LogP contribution is 1.94. The van der Waals surface area contributed by atoms with Crippen molar-refractivity contribution in [1.29, 1.82) is 0 Å². The predicted molar refractivity (Wildman–Crippen MR) is 54.6 cm³/mol. The first kappa shape index (κ1) is 11.4. The fourth-order valence-electron chi connectivity index (χ4n) is 0.895. The summed E-state index contributed by atoms with van der Waals surface area (Å²) in [6, 6.07) is 8.57. The van der Waals surface area contributed by atoms with Crippen LogP contribution in [-0.2, 0) is 9.59 Å². The number of carbonyl (C=O) groups excluding carboxylic acids is 1. The molecule has 5 nitrogen and oxygen atoms in total. The van der Waals surface area contributed by atoms with Gasteiger partial charge in [0.2, 0.25) is 0 Å². The van der Waals surface area contributed by atoms with E-state index in [1.54, 1.807) is 30.3 Å². The number of aliphatic carboxylic acids is 1. The number of hydrogen-bond donors (Lipinski definition) is 1. The minimum atomic E-state index is -1.62. The van der Waals surface area contributed by atoms with Crippen LogP contribution in [0.2, 0.25) is 0 Å². The van der Waals surface area contributed by atoms with Crippen molar-refractivity contribution < 1.29 is 19.5 Å². The molecule has 0 bridgehead atoms. The zero-order chi connectivity index (χ0) is 12.0. The number of carboxylic acid groups (broad SMARTS) is 1. The van der Waals surface area contributed by atoms with E-state index in [1.165, 1.54) is 0 Å². The number of nitrogens with zero attached hydrogens (tertiary/aromatic N) is 2. The third kappa shape index (κ3) is 2.91. The lowest BCUT2D eigenvalue weighted by Gasteiger charge is -1.85. The summed E-state index contributed by atoms with van der Waals surface area (Å²) in [4.78, 5) is 23.9. The van der Waals surface area contributed by atoms with E-state index < -0.39 is 17.5 Å². The van der Waals surface area contributed by atoms with Gasteiger partial charge in [0.05, 0.1) is 0 Å². The number of carbonyl (C=O) groups is 2. The van der Waals surface area contributed by atoms with Gasteiger partial charge in [-0.3, -0.25) is 4.79 Å². The van der Waals surface area contributed by atoms with E-state index in [0.29, 0.717) is 5.56 Å². The molecular formula is C11H6N2O3. The molecule has 16 heavy (non-hydrogen) atoms. The van der Waals surface area contributed by atoms with E-state index >= 15 is 0 Å². The van der Waals surface area contributed by atoms with E-state index in [4.69, 9.17) is 10.6 Å². The zero-order valence-electron chi connectivity index (χ0n) is 8.04. The minimum Gasteiger partial charge on any atom is -0.472 e. The number of Topliss-reactive ketones (excluding diaryl/α,β-unsaturated/α-hetero) is 1. The Balaban J connectivity index is 2.92. The number of ketones is 1. The fourth-order valence-corrected chi connectivity index (χ4v) is 0.895. The van der Waals surface area contributed by atoms with Crippen LogP contribution in [0.1, 0.15) is 5.56 Å². The molecule has 0 unspecified atom stereocenters. The maximum atomic E-state index is 11.1. The summed E-state index contributed by atoms with van der Waals surface area (Å²) in [5.41, 5.74) is 7.85. The molecule has 1 aromatic carbocycles.